The predicted molar refractivity (Wildman–Crippen MR) is 117 cm³/mol. The first kappa shape index (κ1) is 19.9. The molecule has 2 N–H and O–H groups in total. The second kappa shape index (κ2) is 9.38. The molecule has 6 heteroatoms. The Kier molecular flexibility index (Phi) is 6.43. The van der Waals surface area contributed by atoms with Crippen molar-refractivity contribution >= 4 is 28.8 Å². The van der Waals surface area contributed by atoms with Crippen LogP contribution in [0.1, 0.15) is 29.8 Å². The predicted octanol–water partition coefficient (Wildman–Crippen LogP) is 4.80. The van der Waals surface area contributed by atoms with Gasteiger partial charge in [0.1, 0.15) is 11.9 Å². The van der Waals surface area contributed by atoms with E-state index in [4.69, 9.17) is 5.26 Å². The summed E-state index contributed by atoms with van der Waals surface area (Å²) in [6.45, 7) is 6.10. The van der Waals surface area contributed by atoms with Crippen LogP contribution < -0.4 is 15.5 Å². The minimum Gasteiger partial charge on any atom is -0.372 e. The Labute approximate surface area is 170 Å². The van der Waals surface area contributed by atoms with Crippen LogP contribution in [0.5, 0.6) is 0 Å². The van der Waals surface area contributed by atoms with Crippen molar-refractivity contribution in [1.82, 2.24) is 4.98 Å². The highest BCUT2D eigenvalue weighted by molar-refractivity contribution is 6.04. The fourth-order valence-corrected chi connectivity index (χ4v) is 2.98. The average Bonchev–Trinajstić information content (AvgIpc) is 2.76. The molecule has 0 unspecified atom stereocenters. The molecule has 1 aromatic heterocycles. The van der Waals surface area contributed by atoms with Crippen LogP contribution in [0.2, 0.25) is 0 Å². The van der Waals surface area contributed by atoms with Crippen LogP contribution in [-0.4, -0.2) is 24.0 Å². The van der Waals surface area contributed by atoms with Gasteiger partial charge in [-0.05, 0) is 62.4 Å². The SMILES string of the molecule is CCN(CC)c1ccc(NC(=O)c2ccc(Nc3ccccc3C#N)nc2)cc1. The number of carbonyl (C=O) groups is 1. The Bertz CT molecular complexity index is 1000. The number of anilines is 4. The zero-order valence-corrected chi connectivity index (χ0v) is 16.5. The number of hydrogen-bond acceptors (Lipinski definition) is 5. The third kappa shape index (κ3) is 4.90. The van der Waals surface area contributed by atoms with Crippen molar-refractivity contribution in [3.63, 3.8) is 0 Å². The minimum atomic E-state index is -0.225. The molecule has 3 rings (SSSR count). The van der Waals surface area contributed by atoms with Gasteiger partial charge in [0.25, 0.3) is 5.91 Å². The monoisotopic (exact) mass is 385 g/mol. The number of nitrogens with zero attached hydrogens (tertiary/aromatic N) is 3. The molecule has 0 spiro atoms. The Balaban J connectivity index is 1.65. The minimum absolute atomic E-state index is 0.225. The maximum atomic E-state index is 12.5. The lowest BCUT2D eigenvalue weighted by Gasteiger charge is -2.21. The summed E-state index contributed by atoms with van der Waals surface area (Å²) < 4.78 is 0. The molecule has 146 valence electrons. The van der Waals surface area contributed by atoms with Gasteiger partial charge in [-0.3, -0.25) is 4.79 Å². The Morgan fingerprint density at radius 3 is 2.38 bits per heavy atom. The third-order valence-electron chi connectivity index (χ3n) is 4.59. The number of amides is 1. The van der Waals surface area contributed by atoms with E-state index in [0.29, 0.717) is 22.6 Å². The van der Waals surface area contributed by atoms with E-state index in [1.807, 2.05) is 36.4 Å². The molecule has 1 heterocycles. The van der Waals surface area contributed by atoms with E-state index >= 15 is 0 Å². The van der Waals surface area contributed by atoms with E-state index in [1.165, 1.54) is 6.20 Å². The number of nitrogens with one attached hydrogen (secondary N) is 2. The first-order valence-electron chi connectivity index (χ1n) is 9.53. The van der Waals surface area contributed by atoms with Crippen molar-refractivity contribution in [1.29, 1.82) is 5.26 Å². The van der Waals surface area contributed by atoms with Crippen LogP contribution in [0.3, 0.4) is 0 Å². The number of para-hydroxylation sites is 1. The van der Waals surface area contributed by atoms with Gasteiger partial charge in [-0.15, -0.1) is 0 Å². The van der Waals surface area contributed by atoms with Gasteiger partial charge < -0.3 is 15.5 Å². The summed E-state index contributed by atoms with van der Waals surface area (Å²) in [5.41, 5.74) is 3.52. The summed E-state index contributed by atoms with van der Waals surface area (Å²) in [6, 6.07) is 20.5. The summed E-state index contributed by atoms with van der Waals surface area (Å²) in [5.74, 6) is 0.338. The van der Waals surface area contributed by atoms with Crippen molar-refractivity contribution in [2.24, 2.45) is 0 Å². The molecule has 3 aromatic rings. The van der Waals surface area contributed by atoms with Crippen LogP contribution in [0.15, 0.2) is 66.9 Å². The molecule has 0 fully saturated rings. The van der Waals surface area contributed by atoms with Crippen molar-refractivity contribution in [2.45, 2.75) is 13.8 Å². The van der Waals surface area contributed by atoms with E-state index in [-0.39, 0.29) is 5.91 Å². The van der Waals surface area contributed by atoms with Gasteiger partial charge in [0.05, 0.1) is 16.8 Å². The number of aromatic nitrogens is 1. The van der Waals surface area contributed by atoms with E-state index < -0.39 is 0 Å². The molecule has 0 aliphatic carbocycles. The fourth-order valence-electron chi connectivity index (χ4n) is 2.98. The second-order valence-corrected chi connectivity index (χ2v) is 6.39. The first-order chi connectivity index (χ1) is 14.1. The molecule has 1 amide bonds. The number of benzene rings is 2. The number of carbonyl (C=O) groups excluding carboxylic acids is 1. The number of pyridine rings is 1. The summed E-state index contributed by atoms with van der Waals surface area (Å²) in [5, 5.41) is 15.1. The first-order valence-corrected chi connectivity index (χ1v) is 9.53. The maximum Gasteiger partial charge on any atom is 0.257 e. The number of rotatable bonds is 7. The topological polar surface area (TPSA) is 81.0 Å². The van der Waals surface area contributed by atoms with Gasteiger partial charge in [0.15, 0.2) is 0 Å². The molecule has 6 nitrogen and oxygen atoms in total. The summed E-state index contributed by atoms with van der Waals surface area (Å²) in [4.78, 5) is 19.0. The Hall–Kier alpha value is -3.85. The van der Waals surface area contributed by atoms with E-state index in [9.17, 15) is 4.79 Å². The quantitative estimate of drug-likeness (QED) is 0.611. The molecule has 0 saturated carbocycles. The number of hydrogen-bond donors (Lipinski definition) is 2. The zero-order chi connectivity index (χ0) is 20.6. The molecule has 0 bridgehead atoms. The molecule has 2 aromatic carbocycles. The van der Waals surface area contributed by atoms with Gasteiger partial charge in [-0.2, -0.15) is 5.26 Å². The fraction of sp³-hybridized carbons (Fsp3) is 0.174. The van der Waals surface area contributed by atoms with Gasteiger partial charge in [0, 0.05) is 30.7 Å². The molecular weight excluding hydrogens is 362 g/mol. The molecule has 0 radical (unpaired) electrons. The van der Waals surface area contributed by atoms with Gasteiger partial charge >= 0.3 is 0 Å². The van der Waals surface area contributed by atoms with E-state index in [0.717, 1.165) is 24.5 Å². The molecule has 0 aliphatic rings. The van der Waals surface area contributed by atoms with Gasteiger partial charge in [-0.25, -0.2) is 4.98 Å². The largest absolute Gasteiger partial charge is 0.372 e. The molecule has 29 heavy (non-hydrogen) atoms. The lowest BCUT2D eigenvalue weighted by atomic mass is 10.2. The van der Waals surface area contributed by atoms with Gasteiger partial charge in [-0.1, -0.05) is 12.1 Å². The van der Waals surface area contributed by atoms with Crippen LogP contribution >= 0.6 is 0 Å². The number of nitriles is 1. The highest BCUT2D eigenvalue weighted by Crippen LogP contribution is 2.20. The second-order valence-electron chi connectivity index (χ2n) is 6.39. The van der Waals surface area contributed by atoms with Crippen molar-refractivity contribution < 1.29 is 4.79 Å². The third-order valence-corrected chi connectivity index (χ3v) is 4.59. The van der Waals surface area contributed by atoms with Crippen LogP contribution in [0.4, 0.5) is 22.9 Å². The highest BCUT2D eigenvalue weighted by atomic mass is 16.1. The molecular formula is C23H23N5O. The molecule has 0 aliphatic heterocycles. The van der Waals surface area contributed by atoms with Crippen molar-refractivity contribution in [3.8, 4) is 6.07 Å². The van der Waals surface area contributed by atoms with Crippen LogP contribution in [-0.2, 0) is 0 Å². The molecule has 0 atom stereocenters. The average molecular weight is 385 g/mol. The lowest BCUT2D eigenvalue weighted by molar-refractivity contribution is 0.102. The highest BCUT2D eigenvalue weighted by Gasteiger charge is 2.09. The van der Waals surface area contributed by atoms with Crippen LogP contribution in [0, 0.1) is 11.3 Å². The Morgan fingerprint density at radius 1 is 1.03 bits per heavy atom. The van der Waals surface area contributed by atoms with Crippen LogP contribution in [0.25, 0.3) is 0 Å². The zero-order valence-electron chi connectivity index (χ0n) is 16.5. The summed E-state index contributed by atoms with van der Waals surface area (Å²) in [7, 11) is 0. The smallest absolute Gasteiger partial charge is 0.257 e. The normalized spacial score (nSPS) is 10.1. The standard InChI is InChI=1S/C23H23N5O/c1-3-28(4-2)20-12-10-19(11-13-20)26-23(29)18-9-14-22(25-16-18)27-21-8-6-5-7-17(21)15-24/h5-14,16H,3-4H2,1-2H3,(H,25,27)(H,26,29). The van der Waals surface area contributed by atoms with E-state index in [2.05, 4.69) is 40.4 Å². The van der Waals surface area contributed by atoms with Gasteiger partial charge in [0.2, 0.25) is 0 Å². The summed E-state index contributed by atoms with van der Waals surface area (Å²) in [6.07, 6.45) is 1.51. The van der Waals surface area contributed by atoms with Crippen molar-refractivity contribution in [3.05, 3.63) is 78.0 Å². The molecule has 0 saturated heterocycles. The summed E-state index contributed by atoms with van der Waals surface area (Å²) >= 11 is 0. The maximum absolute atomic E-state index is 12.5. The lowest BCUT2D eigenvalue weighted by Crippen LogP contribution is -2.21. The van der Waals surface area contributed by atoms with E-state index in [1.54, 1.807) is 24.3 Å². The van der Waals surface area contributed by atoms with Crippen molar-refractivity contribution in [2.75, 3.05) is 28.6 Å². The Morgan fingerprint density at radius 2 is 1.76 bits per heavy atom.